The predicted octanol–water partition coefficient (Wildman–Crippen LogP) is 2.10. The van der Waals surface area contributed by atoms with Gasteiger partial charge < -0.3 is 19.9 Å². The second-order valence-electron chi connectivity index (χ2n) is 4.48. The SMILES string of the molecule is COc1ccc(CN)c(OCC2CCCCO2)c1. The monoisotopic (exact) mass is 251 g/mol. The van der Waals surface area contributed by atoms with Crippen LogP contribution < -0.4 is 15.2 Å². The molecule has 1 aliphatic rings. The van der Waals surface area contributed by atoms with E-state index in [1.807, 2.05) is 18.2 Å². The Morgan fingerprint density at radius 1 is 1.39 bits per heavy atom. The van der Waals surface area contributed by atoms with E-state index in [9.17, 15) is 0 Å². The van der Waals surface area contributed by atoms with E-state index < -0.39 is 0 Å². The fourth-order valence-corrected chi connectivity index (χ4v) is 2.09. The first-order valence-electron chi connectivity index (χ1n) is 6.45. The van der Waals surface area contributed by atoms with Crippen LogP contribution in [0.4, 0.5) is 0 Å². The fraction of sp³-hybridized carbons (Fsp3) is 0.571. The van der Waals surface area contributed by atoms with Crippen molar-refractivity contribution in [3.05, 3.63) is 23.8 Å². The molecular formula is C14H21NO3. The number of hydrogen-bond donors (Lipinski definition) is 1. The largest absolute Gasteiger partial charge is 0.497 e. The van der Waals surface area contributed by atoms with E-state index in [4.69, 9.17) is 19.9 Å². The summed E-state index contributed by atoms with van der Waals surface area (Å²) in [5.74, 6) is 1.58. The van der Waals surface area contributed by atoms with Crippen LogP contribution in [0.15, 0.2) is 18.2 Å². The number of rotatable bonds is 5. The van der Waals surface area contributed by atoms with E-state index in [0.717, 1.165) is 36.5 Å². The summed E-state index contributed by atoms with van der Waals surface area (Å²) in [5.41, 5.74) is 6.69. The number of methoxy groups -OCH3 is 1. The van der Waals surface area contributed by atoms with Gasteiger partial charge in [-0.25, -0.2) is 0 Å². The van der Waals surface area contributed by atoms with Crippen molar-refractivity contribution in [2.75, 3.05) is 20.3 Å². The van der Waals surface area contributed by atoms with Gasteiger partial charge >= 0.3 is 0 Å². The summed E-state index contributed by atoms with van der Waals surface area (Å²) in [4.78, 5) is 0. The van der Waals surface area contributed by atoms with Gasteiger partial charge in [-0.15, -0.1) is 0 Å². The van der Waals surface area contributed by atoms with Crippen molar-refractivity contribution in [2.45, 2.75) is 31.9 Å². The van der Waals surface area contributed by atoms with Gasteiger partial charge in [-0.05, 0) is 25.3 Å². The molecule has 2 N–H and O–H groups in total. The van der Waals surface area contributed by atoms with Crippen LogP contribution >= 0.6 is 0 Å². The van der Waals surface area contributed by atoms with E-state index in [0.29, 0.717) is 13.2 Å². The number of ether oxygens (including phenoxy) is 3. The van der Waals surface area contributed by atoms with Crippen LogP contribution in [-0.4, -0.2) is 26.4 Å². The van der Waals surface area contributed by atoms with Crippen LogP contribution in [0.3, 0.4) is 0 Å². The highest BCUT2D eigenvalue weighted by Crippen LogP contribution is 2.25. The molecule has 1 atom stereocenters. The molecule has 18 heavy (non-hydrogen) atoms. The van der Waals surface area contributed by atoms with Crippen LogP contribution in [0.5, 0.6) is 11.5 Å². The third-order valence-corrected chi connectivity index (χ3v) is 3.19. The van der Waals surface area contributed by atoms with Crippen molar-refractivity contribution < 1.29 is 14.2 Å². The minimum absolute atomic E-state index is 0.204. The van der Waals surface area contributed by atoms with E-state index in [-0.39, 0.29) is 6.10 Å². The second kappa shape index (κ2) is 6.61. The first kappa shape index (κ1) is 13.2. The molecule has 1 aliphatic heterocycles. The average Bonchev–Trinajstić information content (AvgIpc) is 2.45. The average molecular weight is 251 g/mol. The van der Waals surface area contributed by atoms with Gasteiger partial charge in [0.15, 0.2) is 0 Å². The van der Waals surface area contributed by atoms with Gasteiger partial charge in [0.25, 0.3) is 0 Å². The van der Waals surface area contributed by atoms with Crippen molar-refractivity contribution in [1.82, 2.24) is 0 Å². The molecule has 4 heteroatoms. The highest BCUT2D eigenvalue weighted by Gasteiger charge is 2.15. The first-order valence-corrected chi connectivity index (χ1v) is 6.45. The van der Waals surface area contributed by atoms with Gasteiger partial charge in [0.05, 0.1) is 13.2 Å². The molecule has 1 aromatic carbocycles. The van der Waals surface area contributed by atoms with Crippen LogP contribution in [0.1, 0.15) is 24.8 Å². The summed E-state index contributed by atoms with van der Waals surface area (Å²) >= 11 is 0. The summed E-state index contributed by atoms with van der Waals surface area (Å²) in [6.07, 6.45) is 3.65. The topological polar surface area (TPSA) is 53.7 Å². The summed E-state index contributed by atoms with van der Waals surface area (Å²) in [6, 6.07) is 5.72. The van der Waals surface area contributed by atoms with Crippen molar-refractivity contribution in [3.63, 3.8) is 0 Å². The Balaban J connectivity index is 1.97. The molecule has 1 aromatic rings. The Morgan fingerprint density at radius 3 is 2.94 bits per heavy atom. The molecule has 0 spiro atoms. The van der Waals surface area contributed by atoms with E-state index in [1.54, 1.807) is 7.11 Å². The number of nitrogens with two attached hydrogens (primary N) is 1. The van der Waals surface area contributed by atoms with Crippen LogP contribution in [0.2, 0.25) is 0 Å². The molecule has 100 valence electrons. The predicted molar refractivity (Wildman–Crippen MR) is 70.0 cm³/mol. The van der Waals surface area contributed by atoms with Gasteiger partial charge in [0.1, 0.15) is 18.1 Å². The van der Waals surface area contributed by atoms with Crippen molar-refractivity contribution >= 4 is 0 Å². The van der Waals surface area contributed by atoms with Crippen molar-refractivity contribution in [3.8, 4) is 11.5 Å². The van der Waals surface area contributed by atoms with Crippen LogP contribution in [0.25, 0.3) is 0 Å². The normalized spacial score (nSPS) is 19.6. The lowest BCUT2D eigenvalue weighted by atomic mass is 10.1. The molecule has 0 saturated carbocycles. The Kier molecular flexibility index (Phi) is 4.84. The maximum atomic E-state index is 5.82. The van der Waals surface area contributed by atoms with Crippen molar-refractivity contribution in [1.29, 1.82) is 0 Å². The Labute approximate surface area is 108 Å². The Morgan fingerprint density at radius 2 is 2.28 bits per heavy atom. The number of benzene rings is 1. The lowest BCUT2D eigenvalue weighted by Crippen LogP contribution is -2.26. The summed E-state index contributed by atoms with van der Waals surface area (Å²) in [7, 11) is 1.64. The summed E-state index contributed by atoms with van der Waals surface area (Å²) in [6.45, 7) is 1.89. The molecule has 0 radical (unpaired) electrons. The molecule has 1 heterocycles. The summed E-state index contributed by atoms with van der Waals surface area (Å²) < 4.78 is 16.7. The maximum Gasteiger partial charge on any atom is 0.127 e. The van der Waals surface area contributed by atoms with Gasteiger partial charge in [-0.1, -0.05) is 6.07 Å². The molecular weight excluding hydrogens is 230 g/mol. The molecule has 2 rings (SSSR count). The van der Waals surface area contributed by atoms with Gasteiger partial charge in [0, 0.05) is 24.8 Å². The lowest BCUT2D eigenvalue weighted by Gasteiger charge is -2.23. The molecule has 0 aliphatic carbocycles. The highest BCUT2D eigenvalue weighted by molar-refractivity contribution is 5.40. The maximum absolute atomic E-state index is 5.82. The Hall–Kier alpha value is -1.26. The minimum Gasteiger partial charge on any atom is -0.497 e. The van der Waals surface area contributed by atoms with Gasteiger partial charge in [-0.3, -0.25) is 0 Å². The van der Waals surface area contributed by atoms with Gasteiger partial charge in [0.2, 0.25) is 0 Å². The quantitative estimate of drug-likeness (QED) is 0.870. The zero-order valence-corrected chi connectivity index (χ0v) is 10.9. The van der Waals surface area contributed by atoms with Crippen LogP contribution in [0, 0.1) is 0 Å². The van der Waals surface area contributed by atoms with Crippen molar-refractivity contribution in [2.24, 2.45) is 5.73 Å². The molecule has 1 saturated heterocycles. The first-order chi connectivity index (χ1) is 8.83. The van der Waals surface area contributed by atoms with Crippen LogP contribution in [-0.2, 0) is 11.3 Å². The standard InChI is InChI=1S/C14H21NO3/c1-16-12-6-5-11(9-15)14(8-12)18-10-13-4-2-3-7-17-13/h5-6,8,13H,2-4,7,9-10,15H2,1H3. The molecule has 1 fully saturated rings. The fourth-order valence-electron chi connectivity index (χ4n) is 2.09. The zero-order valence-electron chi connectivity index (χ0n) is 10.9. The molecule has 1 unspecified atom stereocenters. The molecule has 0 bridgehead atoms. The minimum atomic E-state index is 0.204. The second-order valence-corrected chi connectivity index (χ2v) is 4.48. The number of hydrogen-bond acceptors (Lipinski definition) is 4. The van der Waals surface area contributed by atoms with E-state index in [1.165, 1.54) is 6.42 Å². The molecule has 4 nitrogen and oxygen atoms in total. The highest BCUT2D eigenvalue weighted by atomic mass is 16.5. The third-order valence-electron chi connectivity index (χ3n) is 3.19. The zero-order chi connectivity index (χ0) is 12.8. The van der Waals surface area contributed by atoms with E-state index in [2.05, 4.69) is 0 Å². The third kappa shape index (κ3) is 3.37. The van der Waals surface area contributed by atoms with Gasteiger partial charge in [-0.2, -0.15) is 0 Å². The molecule has 0 amide bonds. The smallest absolute Gasteiger partial charge is 0.127 e. The summed E-state index contributed by atoms with van der Waals surface area (Å²) in [5, 5.41) is 0. The molecule has 0 aromatic heterocycles. The van der Waals surface area contributed by atoms with E-state index >= 15 is 0 Å². The lowest BCUT2D eigenvalue weighted by molar-refractivity contribution is -0.0112. The Bertz CT molecular complexity index is 375.